The lowest BCUT2D eigenvalue weighted by Crippen LogP contribution is -2.17. The standard InChI is InChI=1S/C9H15BrO3/c1-6(2)8(10)4-5-13-9(12)7(3)11/h6,8H,4-5H2,1-3H3. The second kappa shape index (κ2) is 6.13. The van der Waals surface area contributed by atoms with E-state index >= 15 is 0 Å². The van der Waals surface area contributed by atoms with Crippen LogP contribution >= 0.6 is 15.9 Å². The monoisotopic (exact) mass is 250 g/mol. The highest BCUT2D eigenvalue weighted by Gasteiger charge is 2.12. The quantitative estimate of drug-likeness (QED) is 0.426. The van der Waals surface area contributed by atoms with Crippen LogP contribution in [0.2, 0.25) is 0 Å². The summed E-state index contributed by atoms with van der Waals surface area (Å²) in [5, 5.41) is 0. The Bertz CT molecular complexity index is 189. The van der Waals surface area contributed by atoms with Gasteiger partial charge >= 0.3 is 5.97 Å². The number of ether oxygens (including phenoxy) is 1. The highest BCUT2D eigenvalue weighted by atomic mass is 79.9. The van der Waals surface area contributed by atoms with Gasteiger partial charge in [-0.15, -0.1) is 0 Å². The molecule has 0 amide bonds. The van der Waals surface area contributed by atoms with E-state index in [4.69, 9.17) is 4.74 Å². The van der Waals surface area contributed by atoms with Gasteiger partial charge in [0.2, 0.25) is 5.78 Å². The minimum Gasteiger partial charge on any atom is -0.460 e. The minimum absolute atomic E-state index is 0.298. The van der Waals surface area contributed by atoms with Crippen molar-refractivity contribution in [3.63, 3.8) is 0 Å². The molecule has 0 aliphatic carbocycles. The first kappa shape index (κ1) is 12.6. The zero-order valence-corrected chi connectivity index (χ0v) is 9.76. The third-order valence-electron chi connectivity index (χ3n) is 1.64. The molecule has 76 valence electrons. The lowest BCUT2D eigenvalue weighted by Gasteiger charge is -2.12. The second-order valence-electron chi connectivity index (χ2n) is 3.24. The van der Waals surface area contributed by atoms with Crippen LogP contribution in [0.25, 0.3) is 0 Å². The van der Waals surface area contributed by atoms with Crippen LogP contribution in [-0.2, 0) is 14.3 Å². The second-order valence-corrected chi connectivity index (χ2v) is 4.42. The van der Waals surface area contributed by atoms with Crippen LogP contribution in [0.15, 0.2) is 0 Å². The van der Waals surface area contributed by atoms with Crippen molar-refractivity contribution in [3.8, 4) is 0 Å². The zero-order chi connectivity index (χ0) is 10.4. The number of carbonyl (C=O) groups is 2. The van der Waals surface area contributed by atoms with E-state index in [9.17, 15) is 9.59 Å². The van der Waals surface area contributed by atoms with Crippen molar-refractivity contribution in [2.45, 2.75) is 32.0 Å². The SMILES string of the molecule is CC(=O)C(=O)OCCC(Br)C(C)C. The summed E-state index contributed by atoms with van der Waals surface area (Å²) in [6, 6.07) is 0. The van der Waals surface area contributed by atoms with Gasteiger partial charge in [0.05, 0.1) is 6.61 Å². The summed E-state index contributed by atoms with van der Waals surface area (Å²) in [6.07, 6.45) is 0.733. The summed E-state index contributed by atoms with van der Waals surface area (Å²) < 4.78 is 4.71. The molecule has 0 aromatic carbocycles. The summed E-state index contributed by atoms with van der Waals surface area (Å²) in [7, 11) is 0. The van der Waals surface area contributed by atoms with Gasteiger partial charge in [0.1, 0.15) is 0 Å². The Balaban J connectivity index is 3.56. The van der Waals surface area contributed by atoms with Gasteiger partial charge in [-0.3, -0.25) is 4.79 Å². The van der Waals surface area contributed by atoms with E-state index in [-0.39, 0.29) is 0 Å². The van der Waals surface area contributed by atoms with Crippen LogP contribution in [0, 0.1) is 5.92 Å². The van der Waals surface area contributed by atoms with Gasteiger partial charge in [0, 0.05) is 11.8 Å². The molecule has 0 aromatic heterocycles. The van der Waals surface area contributed by atoms with E-state index in [1.807, 2.05) is 0 Å². The minimum atomic E-state index is -0.747. The molecule has 0 aliphatic heterocycles. The third kappa shape index (κ3) is 5.80. The normalized spacial score (nSPS) is 12.7. The van der Waals surface area contributed by atoms with Crippen LogP contribution in [0.4, 0.5) is 0 Å². The Morgan fingerprint density at radius 2 is 1.92 bits per heavy atom. The van der Waals surface area contributed by atoms with Crippen LogP contribution in [-0.4, -0.2) is 23.2 Å². The zero-order valence-electron chi connectivity index (χ0n) is 8.17. The largest absolute Gasteiger partial charge is 0.460 e. The Kier molecular flexibility index (Phi) is 5.95. The van der Waals surface area contributed by atoms with E-state index in [0.717, 1.165) is 6.42 Å². The Morgan fingerprint density at radius 3 is 2.31 bits per heavy atom. The predicted molar refractivity (Wildman–Crippen MR) is 53.8 cm³/mol. The lowest BCUT2D eigenvalue weighted by molar-refractivity contribution is -0.153. The molecule has 1 atom stereocenters. The molecular weight excluding hydrogens is 236 g/mol. The number of hydrogen-bond donors (Lipinski definition) is 0. The fourth-order valence-corrected chi connectivity index (χ4v) is 0.886. The smallest absolute Gasteiger partial charge is 0.374 e. The molecule has 0 spiro atoms. The predicted octanol–water partition coefficient (Wildman–Crippen LogP) is 1.93. The molecule has 3 nitrogen and oxygen atoms in total. The van der Waals surface area contributed by atoms with Crippen LogP contribution in [0.5, 0.6) is 0 Å². The molecule has 13 heavy (non-hydrogen) atoms. The molecule has 0 saturated heterocycles. The Hall–Kier alpha value is -0.380. The van der Waals surface area contributed by atoms with Gasteiger partial charge in [0.25, 0.3) is 0 Å². The highest BCUT2D eigenvalue weighted by Crippen LogP contribution is 2.15. The molecule has 4 heteroatoms. The number of carbonyl (C=O) groups excluding carboxylic acids is 2. The topological polar surface area (TPSA) is 43.4 Å². The number of halogens is 1. The van der Waals surface area contributed by atoms with Gasteiger partial charge in [-0.05, 0) is 12.3 Å². The van der Waals surface area contributed by atoms with Crippen molar-refractivity contribution < 1.29 is 14.3 Å². The van der Waals surface area contributed by atoms with E-state index in [0.29, 0.717) is 17.4 Å². The summed E-state index contributed by atoms with van der Waals surface area (Å²) in [6.45, 7) is 5.65. The summed E-state index contributed by atoms with van der Waals surface area (Å²) >= 11 is 3.45. The molecule has 0 fully saturated rings. The van der Waals surface area contributed by atoms with Crippen LogP contribution in [0.3, 0.4) is 0 Å². The van der Waals surface area contributed by atoms with Gasteiger partial charge < -0.3 is 4.74 Å². The molecule has 0 heterocycles. The van der Waals surface area contributed by atoms with Crippen molar-refractivity contribution in [1.82, 2.24) is 0 Å². The lowest BCUT2D eigenvalue weighted by atomic mass is 10.1. The summed E-state index contributed by atoms with van der Waals surface area (Å²) in [5.41, 5.74) is 0. The molecule has 0 saturated carbocycles. The van der Waals surface area contributed by atoms with Crippen LogP contribution in [0.1, 0.15) is 27.2 Å². The maximum atomic E-state index is 10.7. The number of ketones is 1. The van der Waals surface area contributed by atoms with E-state index in [1.165, 1.54) is 6.92 Å². The van der Waals surface area contributed by atoms with Crippen molar-refractivity contribution in [3.05, 3.63) is 0 Å². The van der Waals surface area contributed by atoms with Crippen molar-refractivity contribution in [1.29, 1.82) is 0 Å². The number of Topliss-reactive ketones (excluding diaryl/α,β-unsaturated/α-hetero) is 1. The molecule has 1 unspecified atom stereocenters. The third-order valence-corrected chi connectivity index (χ3v) is 3.15. The number of esters is 1. The molecule has 0 radical (unpaired) electrons. The van der Waals surface area contributed by atoms with Gasteiger partial charge in [0.15, 0.2) is 0 Å². The van der Waals surface area contributed by atoms with Gasteiger partial charge in [-0.2, -0.15) is 0 Å². The average molecular weight is 251 g/mol. The van der Waals surface area contributed by atoms with E-state index in [1.54, 1.807) is 0 Å². The first-order valence-corrected chi connectivity index (χ1v) is 5.18. The van der Waals surface area contributed by atoms with Gasteiger partial charge in [-0.25, -0.2) is 4.79 Å². The molecule has 0 N–H and O–H groups in total. The number of alkyl halides is 1. The first-order chi connectivity index (χ1) is 5.95. The Labute approximate surface area is 87.0 Å². The molecule has 0 aliphatic rings. The molecule has 0 bridgehead atoms. The maximum Gasteiger partial charge on any atom is 0.374 e. The maximum absolute atomic E-state index is 10.7. The van der Waals surface area contributed by atoms with Crippen molar-refractivity contribution >= 4 is 27.7 Å². The first-order valence-electron chi connectivity index (χ1n) is 4.27. The number of hydrogen-bond acceptors (Lipinski definition) is 3. The number of rotatable bonds is 5. The highest BCUT2D eigenvalue weighted by molar-refractivity contribution is 9.09. The summed E-state index contributed by atoms with van der Waals surface area (Å²) in [5.74, 6) is -0.796. The van der Waals surface area contributed by atoms with Crippen molar-refractivity contribution in [2.24, 2.45) is 5.92 Å². The van der Waals surface area contributed by atoms with E-state index < -0.39 is 11.8 Å². The fourth-order valence-electron chi connectivity index (χ4n) is 0.699. The average Bonchev–Trinajstić information content (AvgIpc) is 2.03. The fraction of sp³-hybridized carbons (Fsp3) is 0.778. The van der Waals surface area contributed by atoms with Crippen molar-refractivity contribution in [2.75, 3.05) is 6.61 Å². The molecule has 0 aromatic rings. The Morgan fingerprint density at radius 1 is 1.38 bits per heavy atom. The molecule has 0 rings (SSSR count). The van der Waals surface area contributed by atoms with Gasteiger partial charge in [-0.1, -0.05) is 29.8 Å². The van der Waals surface area contributed by atoms with Crippen LogP contribution < -0.4 is 0 Å². The van der Waals surface area contributed by atoms with E-state index in [2.05, 4.69) is 29.8 Å². The molecular formula is C9H15BrO3. The summed E-state index contributed by atoms with van der Waals surface area (Å²) in [4.78, 5) is 21.5.